The number of hydrogen-bond acceptors (Lipinski definition) is 2. The number of nitrogens with two attached hydrogens (primary N) is 1. The molecule has 0 fully saturated rings. The number of alkyl halides is 2. The zero-order chi connectivity index (χ0) is 10.6. The maximum Gasteiger partial charge on any atom is 0.119 e. The lowest BCUT2D eigenvalue weighted by Gasteiger charge is -2.12. The van der Waals surface area contributed by atoms with Crippen molar-refractivity contribution in [2.24, 2.45) is 0 Å². The zero-order valence-electron chi connectivity index (χ0n) is 7.76. The van der Waals surface area contributed by atoms with Crippen LogP contribution < -0.4 is 5.73 Å². The summed E-state index contributed by atoms with van der Waals surface area (Å²) in [4.78, 5) is 0. The molecule has 4 heteroatoms. The summed E-state index contributed by atoms with van der Waals surface area (Å²) in [6.45, 7) is 0. The molecule has 0 aliphatic rings. The highest BCUT2D eigenvalue weighted by atomic mass is 35.5. The van der Waals surface area contributed by atoms with Gasteiger partial charge in [-0.25, -0.2) is 0 Å². The largest absolute Gasteiger partial charge is 0.508 e. The second-order valence-corrected chi connectivity index (χ2v) is 3.76. The SMILES string of the molecule is Nc1ccc(O)c(CCCl)c1CCCl. The zero-order valence-corrected chi connectivity index (χ0v) is 9.28. The molecular formula is C10H13Cl2NO. The van der Waals surface area contributed by atoms with Crippen LogP contribution in [0.15, 0.2) is 12.1 Å². The van der Waals surface area contributed by atoms with Gasteiger partial charge in [0, 0.05) is 23.0 Å². The van der Waals surface area contributed by atoms with Gasteiger partial charge in [-0.3, -0.25) is 0 Å². The monoisotopic (exact) mass is 233 g/mol. The van der Waals surface area contributed by atoms with E-state index in [1.165, 1.54) is 0 Å². The number of halogens is 2. The van der Waals surface area contributed by atoms with Gasteiger partial charge in [0.15, 0.2) is 0 Å². The summed E-state index contributed by atoms with van der Waals surface area (Å²) in [5, 5.41) is 9.62. The number of nitrogen functional groups attached to an aromatic ring is 1. The fraction of sp³-hybridized carbons (Fsp3) is 0.400. The number of phenols is 1. The van der Waals surface area contributed by atoms with Crippen molar-refractivity contribution in [3.63, 3.8) is 0 Å². The molecule has 1 rings (SSSR count). The molecule has 0 spiro atoms. The number of phenolic OH excluding ortho intramolecular Hbond substituents is 1. The van der Waals surface area contributed by atoms with E-state index in [1.807, 2.05) is 0 Å². The summed E-state index contributed by atoms with van der Waals surface area (Å²) in [6.07, 6.45) is 1.28. The first kappa shape index (κ1) is 11.5. The van der Waals surface area contributed by atoms with Gasteiger partial charge in [0.05, 0.1) is 0 Å². The van der Waals surface area contributed by atoms with E-state index in [2.05, 4.69) is 0 Å². The molecule has 0 aliphatic heterocycles. The minimum atomic E-state index is 0.250. The summed E-state index contributed by atoms with van der Waals surface area (Å²) < 4.78 is 0. The smallest absolute Gasteiger partial charge is 0.119 e. The number of anilines is 1. The Balaban J connectivity index is 3.12. The van der Waals surface area contributed by atoms with Crippen LogP contribution in [0.2, 0.25) is 0 Å². The maximum atomic E-state index is 9.62. The molecule has 0 amide bonds. The Bertz CT molecular complexity index is 284. The number of rotatable bonds is 4. The van der Waals surface area contributed by atoms with Gasteiger partial charge >= 0.3 is 0 Å². The predicted octanol–water partition coefficient (Wildman–Crippen LogP) is 2.54. The summed E-state index contributed by atoms with van der Waals surface area (Å²) in [5.74, 6) is 1.20. The van der Waals surface area contributed by atoms with Gasteiger partial charge in [0.1, 0.15) is 5.75 Å². The normalized spacial score (nSPS) is 10.4. The average Bonchev–Trinajstić information content (AvgIpc) is 2.17. The lowest BCUT2D eigenvalue weighted by atomic mass is 10.00. The quantitative estimate of drug-likeness (QED) is 0.477. The Labute approximate surface area is 93.6 Å². The van der Waals surface area contributed by atoms with E-state index in [-0.39, 0.29) is 5.75 Å². The van der Waals surface area contributed by atoms with E-state index in [4.69, 9.17) is 28.9 Å². The molecule has 2 nitrogen and oxygen atoms in total. The van der Waals surface area contributed by atoms with Gasteiger partial charge in [0.25, 0.3) is 0 Å². The Morgan fingerprint density at radius 3 is 2.21 bits per heavy atom. The van der Waals surface area contributed by atoms with Crippen molar-refractivity contribution in [1.29, 1.82) is 0 Å². The van der Waals surface area contributed by atoms with Gasteiger partial charge in [-0.1, -0.05) is 0 Å². The van der Waals surface area contributed by atoms with Crippen molar-refractivity contribution < 1.29 is 5.11 Å². The summed E-state index contributed by atoms with van der Waals surface area (Å²) in [5.41, 5.74) is 8.20. The molecule has 78 valence electrons. The van der Waals surface area contributed by atoms with Gasteiger partial charge < -0.3 is 10.8 Å². The second-order valence-electron chi connectivity index (χ2n) is 3.01. The van der Waals surface area contributed by atoms with E-state index in [1.54, 1.807) is 12.1 Å². The average molecular weight is 234 g/mol. The molecule has 0 bridgehead atoms. The second kappa shape index (κ2) is 5.32. The minimum Gasteiger partial charge on any atom is -0.508 e. The third-order valence-corrected chi connectivity index (χ3v) is 2.51. The molecule has 1 aromatic carbocycles. The highest BCUT2D eigenvalue weighted by Crippen LogP contribution is 2.27. The van der Waals surface area contributed by atoms with Crippen LogP contribution in [0.4, 0.5) is 5.69 Å². The van der Waals surface area contributed by atoms with Crippen molar-refractivity contribution >= 4 is 28.9 Å². The molecular weight excluding hydrogens is 221 g/mol. The van der Waals surface area contributed by atoms with Crippen molar-refractivity contribution in [2.75, 3.05) is 17.5 Å². The van der Waals surface area contributed by atoms with E-state index in [0.717, 1.165) is 11.1 Å². The Hall–Kier alpha value is -0.600. The maximum absolute atomic E-state index is 9.62. The van der Waals surface area contributed by atoms with Crippen molar-refractivity contribution in [3.05, 3.63) is 23.3 Å². The van der Waals surface area contributed by atoms with E-state index in [0.29, 0.717) is 30.3 Å². The Kier molecular flexibility index (Phi) is 4.36. The molecule has 0 aliphatic carbocycles. The Morgan fingerprint density at radius 2 is 1.64 bits per heavy atom. The van der Waals surface area contributed by atoms with Gasteiger partial charge in [-0.05, 0) is 30.5 Å². The lowest BCUT2D eigenvalue weighted by Crippen LogP contribution is -2.02. The predicted molar refractivity (Wildman–Crippen MR) is 61.4 cm³/mol. The lowest BCUT2D eigenvalue weighted by molar-refractivity contribution is 0.468. The molecule has 0 saturated carbocycles. The van der Waals surface area contributed by atoms with Crippen molar-refractivity contribution in [2.45, 2.75) is 12.8 Å². The van der Waals surface area contributed by atoms with Crippen LogP contribution in [0.1, 0.15) is 11.1 Å². The highest BCUT2D eigenvalue weighted by Gasteiger charge is 2.10. The van der Waals surface area contributed by atoms with Crippen LogP contribution >= 0.6 is 23.2 Å². The van der Waals surface area contributed by atoms with E-state index >= 15 is 0 Å². The first-order chi connectivity index (χ1) is 6.70. The molecule has 0 radical (unpaired) electrons. The van der Waals surface area contributed by atoms with Crippen LogP contribution in [-0.4, -0.2) is 16.9 Å². The minimum absolute atomic E-state index is 0.250. The van der Waals surface area contributed by atoms with Crippen LogP contribution in [-0.2, 0) is 12.8 Å². The third kappa shape index (κ3) is 2.46. The number of aromatic hydroxyl groups is 1. The van der Waals surface area contributed by atoms with E-state index in [9.17, 15) is 5.11 Å². The molecule has 0 atom stereocenters. The van der Waals surface area contributed by atoms with Gasteiger partial charge in [-0.2, -0.15) is 0 Å². The van der Waals surface area contributed by atoms with Crippen molar-refractivity contribution in [3.8, 4) is 5.75 Å². The number of hydrogen-bond donors (Lipinski definition) is 2. The summed E-state index contributed by atoms with van der Waals surface area (Å²) >= 11 is 11.3. The molecule has 0 saturated heterocycles. The molecule has 0 unspecified atom stereocenters. The third-order valence-electron chi connectivity index (χ3n) is 2.13. The summed E-state index contributed by atoms with van der Waals surface area (Å²) in [7, 11) is 0. The number of benzene rings is 1. The molecule has 0 heterocycles. The summed E-state index contributed by atoms with van der Waals surface area (Å²) in [6, 6.07) is 3.28. The topological polar surface area (TPSA) is 46.2 Å². The van der Waals surface area contributed by atoms with Crippen LogP contribution in [0.5, 0.6) is 5.75 Å². The molecule has 14 heavy (non-hydrogen) atoms. The van der Waals surface area contributed by atoms with Crippen molar-refractivity contribution in [1.82, 2.24) is 0 Å². The van der Waals surface area contributed by atoms with Gasteiger partial charge in [0.2, 0.25) is 0 Å². The first-order valence-electron chi connectivity index (χ1n) is 4.41. The van der Waals surface area contributed by atoms with Crippen LogP contribution in [0, 0.1) is 0 Å². The molecule has 3 N–H and O–H groups in total. The fourth-order valence-corrected chi connectivity index (χ4v) is 1.84. The standard InChI is InChI=1S/C10H13Cl2NO/c11-5-3-7-8(4-6-12)10(14)2-1-9(7)13/h1-2,14H,3-6,13H2. The highest BCUT2D eigenvalue weighted by molar-refractivity contribution is 6.18. The Morgan fingerprint density at radius 1 is 1.07 bits per heavy atom. The van der Waals surface area contributed by atoms with E-state index < -0.39 is 0 Å². The molecule has 0 aromatic heterocycles. The first-order valence-corrected chi connectivity index (χ1v) is 5.48. The molecule has 1 aromatic rings. The van der Waals surface area contributed by atoms with Crippen LogP contribution in [0.3, 0.4) is 0 Å². The fourth-order valence-electron chi connectivity index (χ4n) is 1.46. The van der Waals surface area contributed by atoms with Crippen LogP contribution in [0.25, 0.3) is 0 Å². The van der Waals surface area contributed by atoms with Gasteiger partial charge in [-0.15, -0.1) is 23.2 Å².